The third-order valence-electron chi connectivity index (χ3n) is 8.27. The molecule has 42 heavy (non-hydrogen) atoms. The van der Waals surface area contributed by atoms with Gasteiger partial charge >= 0.3 is 6.18 Å². The Kier molecular flexibility index (Phi) is 7.70. The van der Waals surface area contributed by atoms with Gasteiger partial charge in [0.1, 0.15) is 0 Å². The Morgan fingerprint density at radius 1 is 0.952 bits per heavy atom. The van der Waals surface area contributed by atoms with Gasteiger partial charge in [-0.05, 0) is 48.6 Å². The van der Waals surface area contributed by atoms with E-state index >= 15 is 0 Å². The van der Waals surface area contributed by atoms with Gasteiger partial charge in [0, 0.05) is 16.7 Å². The summed E-state index contributed by atoms with van der Waals surface area (Å²) in [4.78, 5) is 32.5. The first-order chi connectivity index (χ1) is 20.2. The van der Waals surface area contributed by atoms with Crippen LogP contribution in [0.25, 0.3) is 11.3 Å². The maximum Gasteiger partial charge on any atom is 0.416 e. The minimum Gasteiger partial charge on any atom is -0.325 e. The Morgan fingerprint density at radius 3 is 2.45 bits per heavy atom. The van der Waals surface area contributed by atoms with Gasteiger partial charge in [-0.1, -0.05) is 91.7 Å². The number of hydrogen-bond donors (Lipinski definition) is 1. The highest BCUT2D eigenvalue weighted by Gasteiger charge is 2.43. The zero-order valence-corrected chi connectivity index (χ0v) is 23.7. The monoisotopic (exact) mass is 589 g/mol. The topological polar surface area (TPSA) is 64.0 Å². The Morgan fingerprint density at radius 2 is 1.69 bits per heavy atom. The van der Waals surface area contributed by atoms with Crippen molar-refractivity contribution in [1.82, 2.24) is 9.55 Å². The summed E-state index contributed by atoms with van der Waals surface area (Å²) in [5.74, 6) is -0.607. The van der Waals surface area contributed by atoms with Gasteiger partial charge in [-0.25, -0.2) is 4.98 Å². The van der Waals surface area contributed by atoms with Crippen molar-refractivity contribution in [2.45, 2.75) is 61.8 Å². The van der Waals surface area contributed by atoms with Gasteiger partial charge < -0.3 is 5.32 Å². The number of anilines is 1. The maximum absolute atomic E-state index is 14.5. The molecule has 1 spiro atoms. The van der Waals surface area contributed by atoms with E-state index in [9.17, 15) is 22.8 Å². The van der Waals surface area contributed by atoms with Crippen molar-refractivity contribution >= 4 is 23.4 Å². The SMILES string of the molecule is O=C(CSc1nc2c(c(=O)n1Cc1ccccc1)C1(CCCCC1)Cc1ccccc1-2)Nc1cccc(C(F)(F)F)c1. The van der Waals surface area contributed by atoms with Crippen molar-refractivity contribution in [1.29, 1.82) is 0 Å². The molecule has 2 aliphatic carbocycles. The molecule has 4 aromatic rings. The van der Waals surface area contributed by atoms with Gasteiger partial charge in [0.15, 0.2) is 5.16 Å². The predicted octanol–water partition coefficient (Wildman–Crippen LogP) is 7.47. The van der Waals surface area contributed by atoms with Crippen LogP contribution in [0.15, 0.2) is 88.8 Å². The molecule has 0 bridgehead atoms. The molecule has 5 nitrogen and oxygen atoms in total. The minimum atomic E-state index is -4.51. The number of thioether (sulfide) groups is 1. The van der Waals surface area contributed by atoms with E-state index < -0.39 is 17.6 Å². The fraction of sp³-hybridized carbons (Fsp3) is 0.303. The van der Waals surface area contributed by atoms with Crippen LogP contribution in [0.3, 0.4) is 0 Å². The van der Waals surface area contributed by atoms with Gasteiger partial charge in [-0.3, -0.25) is 14.2 Å². The van der Waals surface area contributed by atoms with Gasteiger partial charge in [0.05, 0.1) is 29.1 Å². The maximum atomic E-state index is 14.5. The van der Waals surface area contributed by atoms with Crippen LogP contribution in [-0.4, -0.2) is 21.2 Å². The molecule has 0 aliphatic heterocycles. The molecule has 0 radical (unpaired) electrons. The van der Waals surface area contributed by atoms with E-state index in [-0.39, 0.29) is 22.4 Å². The molecular weight excluding hydrogens is 559 g/mol. The van der Waals surface area contributed by atoms with Crippen LogP contribution in [0.4, 0.5) is 18.9 Å². The molecule has 216 valence electrons. The van der Waals surface area contributed by atoms with Crippen molar-refractivity contribution < 1.29 is 18.0 Å². The van der Waals surface area contributed by atoms with Crippen molar-refractivity contribution in [2.75, 3.05) is 11.1 Å². The van der Waals surface area contributed by atoms with E-state index in [2.05, 4.69) is 11.4 Å². The van der Waals surface area contributed by atoms with E-state index in [4.69, 9.17) is 4.98 Å². The molecule has 1 saturated carbocycles. The van der Waals surface area contributed by atoms with Crippen molar-refractivity contribution in [3.05, 3.63) is 111 Å². The highest BCUT2D eigenvalue weighted by Crippen LogP contribution is 2.48. The van der Waals surface area contributed by atoms with Crippen LogP contribution < -0.4 is 10.9 Å². The highest BCUT2D eigenvalue weighted by molar-refractivity contribution is 7.99. The third kappa shape index (κ3) is 5.62. The summed E-state index contributed by atoms with van der Waals surface area (Å²) in [5.41, 5.74) is 3.39. The van der Waals surface area contributed by atoms with Crippen molar-refractivity contribution in [3.63, 3.8) is 0 Å². The molecule has 1 fully saturated rings. The fourth-order valence-electron chi connectivity index (χ4n) is 6.34. The highest BCUT2D eigenvalue weighted by atomic mass is 32.2. The second-order valence-corrected chi connectivity index (χ2v) is 12.0. The normalized spacial score (nSPS) is 15.6. The van der Waals surface area contributed by atoms with Crippen LogP contribution in [0.2, 0.25) is 0 Å². The Bertz CT molecular complexity index is 1680. The zero-order valence-electron chi connectivity index (χ0n) is 22.9. The van der Waals surface area contributed by atoms with E-state index in [1.165, 1.54) is 17.7 Å². The zero-order chi connectivity index (χ0) is 29.3. The summed E-state index contributed by atoms with van der Waals surface area (Å²) < 4.78 is 41.1. The number of hydrogen-bond acceptors (Lipinski definition) is 4. The Hall–Kier alpha value is -3.85. The molecule has 9 heteroatoms. The Balaban J connectivity index is 1.38. The quantitative estimate of drug-likeness (QED) is 0.187. The van der Waals surface area contributed by atoms with Gasteiger partial charge in [0.2, 0.25) is 5.91 Å². The molecular formula is C33H30F3N3O2S. The molecule has 0 atom stereocenters. The van der Waals surface area contributed by atoms with E-state index in [0.717, 1.165) is 79.1 Å². The van der Waals surface area contributed by atoms with Gasteiger partial charge in [0.25, 0.3) is 5.56 Å². The number of carbonyl (C=O) groups excluding carboxylic acids is 1. The number of aromatic nitrogens is 2. The lowest BCUT2D eigenvalue weighted by Gasteiger charge is -2.42. The molecule has 1 heterocycles. The summed E-state index contributed by atoms with van der Waals surface area (Å²) in [7, 11) is 0. The molecule has 1 amide bonds. The number of carbonyl (C=O) groups is 1. The largest absolute Gasteiger partial charge is 0.416 e. The van der Waals surface area contributed by atoms with Crippen molar-refractivity contribution in [3.8, 4) is 11.3 Å². The molecule has 2 aliphatic rings. The lowest BCUT2D eigenvalue weighted by atomic mass is 9.62. The van der Waals surface area contributed by atoms with Crippen LogP contribution in [0.1, 0.15) is 54.4 Å². The minimum absolute atomic E-state index is 0.0590. The number of nitrogens with one attached hydrogen (secondary N) is 1. The van der Waals surface area contributed by atoms with Crippen LogP contribution >= 0.6 is 11.8 Å². The number of benzene rings is 3. The Labute approximate surface area is 246 Å². The number of alkyl halides is 3. The molecule has 6 rings (SSSR count). The first-order valence-electron chi connectivity index (χ1n) is 14.1. The average Bonchev–Trinajstić information content (AvgIpc) is 2.98. The van der Waals surface area contributed by atoms with E-state index in [0.29, 0.717) is 17.4 Å². The van der Waals surface area contributed by atoms with Gasteiger partial charge in [-0.2, -0.15) is 13.2 Å². The second-order valence-electron chi connectivity index (χ2n) is 11.1. The summed E-state index contributed by atoms with van der Waals surface area (Å²) in [6.07, 6.45) is 1.44. The number of rotatable bonds is 6. The molecule has 1 aromatic heterocycles. The standard InChI is InChI=1S/C33H30F3N3O2S/c34-33(35,36)24-13-9-14-25(18-24)37-27(40)21-42-31-38-29-26-15-6-5-12-23(26)19-32(16-7-2-8-17-32)28(29)30(41)39(31)20-22-10-3-1-4-11-22/h1,3-6,9-15,18H,2,7-8,16-17,19-21H2,(H,37,40). The molecule has 3 aromatic carbocycles. The van der Waals surface area contributed by atoms with Crippen LogP contribution in [-0.2, 0) is 29.4 Å². The molecule has 0 unspecified atom stereocenters. The fourth-order valence-corrected chi connectivity index (χ4v) is 7.13. The second kappa shape index (κ2) is 11.4. The number of amides is 1. The first-order valence-corrected chi connectivity index (χ1v) is 15.1. The van der Waals surface area contributed by atoms with Gasteiger partial charge in [-0.15, -0.1) is 0 Å². The molecule has 1 N–H and O–H groups in total. The van der Waals surface area contributed by atoms with Crippen LogP contribution in [0.5, 0.6) is 0 Å². The number of halogens is 3. The lowest BCUT2D eigenvalue weighted by molar-refractivity contribution is -0.137. The summed E-state index contributed by atoms with van der Waals surface area (Å²) in [6.45, 7) is 0.301. The summed E-state index contributed by atoms with van der Waals surface area (Å²) in [5, 5.41) is 2.96. The third-order valence-corrected chi connectivity index (χ3v) is 9.24. The van der Waals surface area contributed by atoms with Crippen molar-refractivity contribution in [2.24, 2.45) is 0 Å². The lowest BCUT2D eigenvalue weighted by Crippen LogP contribution is -2.43. The average molecular weight is 590 g/mol. The van der Waals surface area contributed by atoms with E-state index in [1.54, 1.807) is 4.57 Å². The van der Waals surface area contributed by atoms with E-state index in [1.807, 2.05) is 48.5 Å². The summed E-state index contributed by atoms with van der Waals surface area (Å²) >= 11 is 1.12. The number of fused-ring (bicyclic) bond motifs is 4. The first kappa shape index (κ1) is 28.3. The van der Waals surface area contributed by atoms with Crippen LogP contribution in [0, 0.1) is 0 Å². The predicted molar refractivity (Wildman–Crippen MR) is 159 cm³/mol. The smallest absolute Gasteiger partial charge is 0.325 e. The number of nitrogens with zero attached hydrogens (tertiary/aromatic N) is 2. The summed E-state index contributed by atoms with van der Waals surface area (Å²) in [6, 6.07) is 22.3. The molecule has 0 saturated heterocycles.